The minimum atomic E-state index is -3.74. The van der Waals surface area contributed by atoms with Crippen molar-refractivity contribution in [2.24, 2.45) is 0 Å². The summed E-state index contributed by atoms with van der Waals surface area (Å²) in [5.41, 5.74) is 0. The predicted octanol–water partition coefficient (Wildman–Crippen LogP) is 1.03. The molecule has 0 aliphatic carbocycles. The zero-order valence-corrected chi connectivity index (χ0v) is 10.7. The first kappa shape index (κ1) is 13.5. The molecule has 1 aromatic carbocycles. The van der Waals surface area contributed by atoms with Crippen molar-refractivity contribution in [3.05, 3.63) is 24.3 Å². The van der Waals surface area contributed by atoms with E-state index in [1.165, 1.54) is 26.2 Å². The highest BCUT2D eigenvalue weighted by Gasteiger charge is 2.30. The van der Waals surface area contributed by atoms with Gasteiger partial charge in [0, 0.05) is 0 Å². The van der Waals surface area contributed by atoms with Gasteiger partial charge in [0.15, 0.2) is 15.1 Å². The van der Waals surface area contributed by atoms with Crippen molar-refractivity contribution in [1.29, 1.82) is 0 Å². The van der Waals surface area contributed by atoms with Crippen molar-refractivity contribution < 1.29 is 22.7 Å². The first-order valence-corrected chi connectivity index (χ1v) is 6.44. The largest absolute Gasteiger partial charge is 0.497 e. The van der Waals surface area contributed by atoms with Crippen molar-refractivity contribution >= 4 is 15.8 Å². The number of hydrogen-bond donors (Lipinski definition) is 0. The van der Waals surface area contributed by atoms with E-state index in [4.69, 9.17) is 4.74 Å². The third kappa shape index (κ3) is 2.76. The lowest BCUT2D eigenvalue weighted by Gasteiger charge is -2.11. The van der Waals surface area contributed by atoms with Crippen molar-refractivity contribution in [3.63, 3.8) is 0 Å². The van der Waals surface area contributed by atoms with Crippen LogP contribution in [0.15, 0.2) is 29.2 Å². The highest BCUT2D eigenvalue weighted by Crippen LogP contribution is 2.21. The second kappa shape index (κ2) is 5.18. The lowest BCUT2D eigenvalue weighted by atomic mass is 10.3. The van der Waals surface area contributed by atoms with Gasteiger partial charge in [0.05, 0.1) is 19.1 Å². The smallest absolute Gasteiger partial charge is 0.324 e. The van der Waals surface area contributed by atoms with E-state index in [0.717, 1.165) is 7.11 Å². The Kier molecular flexibility index (Phi) is 4.11. The van der Waals surface area contributed by atoms with E-state index in [9.17, 15) is 13.2 Å². The van der Waals surface area contributed by atoms with Crippen LogP contribution in [0.25, 0.3) is 0 Å². The van der Waals surface area contributed by atoms with Gasteiger partial charge in [0.2, 0.25) is 0 Å². The molecule has 0 aliphatic heterocycles. The SMILES string of the molecule is COC(=O)C(C)S(=O)(=O)c1cccc(OC)c1. The van der Waals surface area contributed by atoms with E-state index < -0.39 is 21.1 Å². The molecule has 0 aromatic heterocycles. The molecule has 0 aliphatic rings. The Balaban J connectivity index is 3.17. The van der Waals surface area contributed by atoms with Crippen molar-refractivity contribution in [3.8, 4) is 5.75 Å². The number of hydrogen-bond acceptors (Lipinski definition) is 5. The summed E-state index contributed by atoms with van der Waals surface area (Å²) in [6.45, 7) is 1.29. The van der Waals surface area contributed by atoms with Gasteiger partial charge in [-0.3, -0.25) is 4.79 Å². The van der Waals surface area contributed by atoms with Gasteiger partial charge in [0.1, 0.15) is 5.75 Å². The van der Waals surface area contributed by atoms with Gasteiger partial charge in [-0.05, 0) is 25.1 Å². The number of rotatable bonds is 4. The molecule has 0 heterocycles. The van der Waals surface area contributed by atoms with Gasteiger partial charge in [-0.25, -0.2) is 8.42 Å². The second-order valence-electron chi connectivity index (χ2n) is 3.39. The van der Waals surface area contributed by atoms with Gasteiger partial charge in [-0.2, -0.15) is 0 Å². The number of carbonyl (C=O) groups excluding carboxylic acids is 1. The van der Waals surface area contributed by atoms with Crippen LogP contribution in [-0.2, 0) is 19.4 Å². The van der Waals surface area contributed by atoms with Gasteiger partial charge >= 0.3 is 5.97 Å². The number of methoxy groups -OCH3 is 2. The summed E-state index contributed by atoms with van der Waals surface area (Å²) >= 11 is 0. The second-order valence-corrected chi connectivity index (χ2v) is 5.66. The molecule has 1 unspecified atom stereocenters. The molecule has 0 saturated heterocycles. The van der Waals surface area contributed by atoms with Crippen LogP contribution < -0.4 is 4.74 Å². The molecular formula is C11H14O5S. The van der Waals surface area contributed by atoms with Gasteiger partial charge in [-0.1, -0.05) is 6.07 Å². The van der Waals surface area contributed by atoms with Crippen LogP contribution in [0.5, 0.6) is 5.75 Å². The molecule has 17 heavy (non-hydrogen) atoms. The zero-order chi connectivity index (χ0) is 13.1. The van der Waals surface area contributed by atoms with Gasteiger partial charge < -0.3 is 9.47 Å². The zero-order valence-electron chi connectivity index (χ0n) is 9.84. The van der Waals surface area contributed by atoms with Gasteiger partial charge in [-0.15, -0.1) is 0 Å². The van der Waals surface area contributed by atoms with Crippen LogP contribution in [0, 0.1) is 0 Å². The van der Waals surface area contributed by atoms with E-state index in [-0.39, 0.29) is 4.90 Å². The molecule has 1 atom stereocenters. The molecular weight excluding hydrogens is 244 g/mol. The predicted molar refractivity (Wildman–Crippen MR) is 61.7 cm³/mol. The van der Waals surface area contributed by atoms with Crippen LogP contribution in [-0.4, -0.2) is 33.9 Å². The van der Waals surface area contributed by atoms with E-state index in [2.05, 4.69) is 4.74 Å². The molecule has 0 spiro atoms. The number of esters is 1. The lowest BCUT2D eigenvalue weighted by Crippen LogP contribution is -2.28. The van der Waals surface area contributed by atoms with Crippen LogP contribution in [0.1, 0.15) is 6.92 Å². The molecule has 0 radical (unpaired) electrons. The van der Waals surface area contributed by atoms with Crippen LogP contribution in [0.4, 0.5) is 0 Å². The molecule has 0 bridgehead atoms. The van der Waals surface area contributed by atoms with E-state index in [1.807, 2.05) is 0 Å². The topological polar surface area (TPSA) is 69.7 Å². The van der Waals surface area contributed by atoms with Crippen LogP contribution >= 0.6 is 0 Å². The number of sulfone groups is 1. The molecule has 0 saturated carbocycles. The summed E-state index contributed by atoms with van der Waals surface area (Å²) in [5.74, 6) is -0.365. The molecule has 0 amide bonds. The fourth-order valence-electron chi connectivity index (χ4n) is 1.27. The number of ether oxygens (including phenoxy) is 2. The first-order chi connectivity index (χ1) is 7.93. The Morgan fingerprint density at radius 1 is 1.29 bits per heavy atom. The molecule has 0 N–H and O–H groups in total. The minimum absolute atomic E-state index is 0.0368. The quantitative estimate of drug-likeness (QED) is 0.754. The van der Waals surface area contributed by atoms with Crippen LogP contribution in [0.3, 0.4) is 0 Å². The minimum Gasteiger partial charge on any atom is -0.497 e. The first-order valence-electron chi connectivity index (χ1n) is 4.89. The Bertz CT molecular complexity index is 506. The summed E-state index contributed by atoms with van der Waals surface area (Å²) < 4.78 is 33.5. The molecule has 94 valence electrons. The number of carbonyl (C=O) groups is 1. The summed E-state index contributed by atoms with van der Waals surface area (Å²) in [7, 11) is -1.14. The summed E-state index contributed by atoms with van der Waals surface area (Å²) in [6.07, 6.45) is 0. The molecule has 6 heteroatoms. The van der Waals surface area contributed by atoms with Crippen molar-refractivity contribution in [2.45, 2.75) is 17.1 Å². The maximum Gasteiger partial charge on any atom is 0.324 e. The Labute approximate surface area is 100 Å². The monoisotopic (exact) mass is 258 g/mol. The van der Waals surface area contributed by atoms with Crippen molar-refractivity contribution in [2.75, 3.05) is 14.2 Å². The highest BCUT2D eigenvalue weighted by molar-refractivity contribution is 7.92. The molecule has 1 rings (SSSR count). The standard InChI is InChI=1S/C11H14O5S/c1-8(11(12)16-3)17(13,14)10-6-4-5-9(7-10)15-2/h4-8H,1-3H3. The summed E-state index contributed by atoms with van der Waals surface area (Å²) in [5, 5.41) is -1.24. The van der Waals surface area contributed by atoms with Crippen molar-refractivity contribution in [1.82, 2.24) is 0 Å². The Morgan fingerprint density at radius 2 is 1.94 bits per heavy atom. The van der Waals surface area contributed by atoms with E-state index in [1.54, 1.807) is 12.1 Å². The summed E-state index contributed by atoms with van der Waals surface area (Å²) in [6, 6.07) is 5.96. The maximum absolute atomic E-state index is 12.0. The van der Waals surface area contributed by atoms with E-state index in [0.29, 0.717) is 5.75 Å². The van der Waals surface area contributed by atoms with Crippen LogP contribution in [0.2, 0.25) is 0 Å². The average Bonchev–Trinajstić information content (AvgIpc) is 2.36. The van der Waals surface area contributed by atoms with E-state index >= 15 is 0 Å². The molecule has 0 fully saturated rings. The average molecular weight is 258 g/mol. The normalized spacial score (nSPS) is 12.9. The Morgan fingerprint density at radius 3 is 2.47 bits per heavy atom. The molecule has 5 nitrogen and oxygen atoms in total. The lowest BCUT2D eigenvalue weighted by molar-refractivity contribution is -0.139. The Hall–Kier alpha value is -1.56. The van der Waals surface area contributed by atoms with Gasteiger partial charge in [0.25, 0.3) is 0 Å². The number of benzene rings is 1. The summed E-state index contributed by atoms with van der Waals surface area (Å²) in [4.78, 5) is 11.3. The third-order valence-electron chi connectivity index (χ3n) is 2.37. The fourth-order valence-corrected chi connectivity index (χ4v) is 2.58. The third-order valence-corrected chi connectivity index (χ3v) is 4.40. The maximum atomic E-state index is 12.0. The fraction of sp³-hybridized carbons (Fsp3) is 0.364. The highest BCUT2D eigenvalue weighted by atomic mass is 32.2. The molecule has 1 aromatic rings.